The van der Waals surface area contributed by atoms with E-state index in [1.807, 2.05) is 35.2 Å². The molecular formula is C20H19F3N6O. The molecule has 1 aliphatic heterocycles. The van der Waals surface area contributed by atoms with E-state index in [2.05, 4.69) is 20.7 Å². The van der Waals surface area contributed by atoms with Crippen molar-refractivity contribution in [2.24, 2.45) is 0 Å². The van der Waals surface area contributed by atoms with Crippen LogP contribution >= 0.6 is 0 Å². The van der Waals surface area contributed by atoms with Crippen LogP contribution in [0.1, 0.15) is 18.4 Å². The summed E-state index contributed by atoms with van der Waals surface area (Å²) in [5, 5.41) is 14.5. The van der Waals surface area contributed by atoms with Crippen molar-refractivity contribution >= 4 is 17.3 Å². The number of nitrogens with one attached hydrogen (secondary N) is 1. The molecule has 10 heteroatoms. The zero-order valence-corrected chi connectivity index (χ0v) is 15.9. The first-order chi connectivity index (χ1) is 14.4. The number of nitrogens with zero attached hydrogens (tertiary/aromatic N) is 5. The second kappa shape index (κ2) is 8.13. The van der Waals surface area contributed by atoms with Crippen LogP contribution in [-0.2, 0) is 17.5 Å². The van der Waals surface area contributed by atoms with Crippen LogP contribution in [0.3, 0.4) is 0 Å². The number of hydrogen-bond acceptors (Lipinski definition) is 5. The Morgan fingerprint density at radius 2 is 1.80 bits per heavy atom. The molecule has 4 rings (SSSR count). The van der Waals surface area contributed by atoms with Crippen molar-refractivity contribution in [2.75, 3.05) is 23.3 Å². The van der Waals surface area contributed by atoms with E-state index in [-0.39, 0.29) is 12.2 Å². The van der Waals surface area contributed by atoms with Gasteiger partial charge in [0.15, 0.2) is 0 Å². The van der Waals surface area contributed by atoms with E-state index in [1.165, 1.54) is 6.07 Å². The fourth-order valence-electron chi connectivity index (χ4n) is 3.38. The minimum absolute atomic E-state index is 0.125. The lowest BCUT2D eigenvalue weighted by Crippen LogP contribution is -2.24. The van der Waals surface area contributed by atoms with Crippen LogP contribution in [0.15, 0.2) is 48.5 Å². The third-order valence-electron chi connectivity index (χ3n) is 4.81. The summed E-state index contributed by atoms with van der Waals surface area (Å²) in [4.78, 5) is 15.6. The molecule has 30 heavy (non-hydrogen) atoms. The molecule has 7 nitrogen and oxygen atoms in total. The molecule has 0 spiro atoms. The lowest BCUT2D eigenvalue weighted by molar-refractivity contribution is -0.137. The minimum atomic E-state index is -4.50. The summed E-state index contributed by atoms with van der Waals surface area (Å²) in [5.41, 5.74) is 0.634. The molecule has 1 saturated heterocycles. The molecule has 0 bridgehead atoms. The number of carbonyl (C=O) groups is 1. The molecule has 0 atom stereocenters. The number of halogens is 3. The second-order valence-electron chi connectivity index (χ2n) is 6.98. The van der Waals surface area contributed by atoms with Gasteiger partial charge in [0.05, 0.1) is 16.9 Å². The van der Waals surface area contributed by atoms with Gasteiger partial charge in [0, 0.05) is 18.7 Å². The van der Waals surface area contributed by atoms with Crippen LogP contribution in [0.4, 0.5) is 24.5 Å². The smallest absolute Gasteiger partial charge is 0.370 e. The summed E-state index contributed by atoms with van der Waals surface area (Å²) < 4.78 is 39.5. The molecule has 156 valence electrons. The fraction of sp³-hybridized carbons (Fsp3) is 0.300. The number of benzene rings is 2. The van der Waals surface area contributed by atoms with Gasteiger partial charge < -0.3 is 10.2 Å². The lowest BCUT2D eigenvalue weighted by Gasteiger charge is -2.22. The maximum atomic E-state index is 13.2. The zero-order valence-electron chi connectivity index (χ0n) is 15.9. The largest absolute Gasteiger partial charge is 0.416 e. The Hall–Kier alpha value is -3.43. The molecular weight excluding hydrogens is 397 g/mol. The number of carbonyl (C=O) groups excluding carboxylic acids is 1. The van der Waals surface area contributed by atoms with Gasteiger partial charge in [-0.05, 0) is 36.3 Å². The molecule has 0 aliphatic carbocycles. The highest BCUT2D eigenvalue weighted by atomic mass is 19.4. The first-order valence-electron chi connectivity index (χ1n) is 9.49. The van der Waals surface area contributed by atoms with E-state index >= 15 is 0 Å². The highest BCUT2D eigenvalue weighted by Gasteiger charge is 2.32. The molecule has 3 aromatic rings. The Morgan fingerprint density at radius 1 is 1.07 bits per heavy atom. The Morgan fingerprint density at radius 3 is 2.50 bits per heavy atom. The van der Waals surface area contributed by atoms with Crippen molar-refractivity contribution in [2.45, 2.75) is 25.6 Å². The average molecular weight is 416 g/mol. The fourth-order valence-corrected chi connectivity index (χ4v) is 3.38. The summed E-state index contributed by atoms with van der Waals surface area (Å²) in [6.45, 7) is 1.20. The maximum absolute atomic E-state index is 13.2. The molecule has 0 unspecified atom stereocenters. The summed E-state index contributed by atoms with van der Waals surface area (Å²) in [7, 11) is 0. The standard InChI is InChI=1S/C20H19F3N6O/c21-20(22,23)15-8-9-17(28-10-4-5-11-28)16(12-15)24-18(30)13-29-26-19(25-27-29)14-6-2-1-3-7-14/h1-3,6-9,12H,4-5,10-11,13H2,(H,24,30). The lowest BCUT2D eigenvalue weighted by atomic mass is 10.1. The van der Waals surface area contributed by atoms with Crippen LogP contribution in [-0.4, -0.2) is 39.2 Å². The zero-order chi connectivity index (χ0) is 21.1. The van der Waals surface area contributed by atoms with Crippen LogP contribution in [0, 0.1) is 0 Å². The quantitative estimate of drug-likeness (QED) is 0.688. The van der Waals surface area contributed by atoms with Crippen molar-refractivity contribution in [3.05, 3.63) is 54.1 Å². The molecule has 2 heterocycles. The summed E-state index contributed by atoms with van der Waals surface area (Å²) in [5.74, 6) is -0.174. The Labute approximate surface area is 170 Å². The number of hydrogen-bond donors (Lipinski definition) is 1. The van der Waals surface area contributed by atoms with E-state index in [9.17, 15) is 18.0 Å². The highest BCUT2D eigenvalue weighted by Crippen LogP contribution is 2.36. The molecule has 1 aromatic heterocycles. The Bertz CT molecular complexity index is 1030. The summed E-state index contributed by atoms with van der Waals surface area (Å²) in [6.07, 6.45) is -2.58. The number of tetrazole rings is 1. The normalized spacial score (nSPS) is 14.2. The van der Waals surface area contributed by atoms with Gasteiger partial charge in [-0.2, -0.15) is 18.0 Å². The van der Waals surface area contributed by atoms with Gasteiger partial charge in [-0.1, -0.05) is 30.3 Å². The predicted molar refractivity (Wildman–Crippen MR) is 105 cm³/mol. The number of aromatic nitrogens is 4. The van der Waals surface area contributed by atoms with E-state index in [0.717, 1.165) is 48.4 Å². The molecule has 0 saturated carbocycles. The summed E-state index contributed by atoms with van der Waals surface area (Å²) in [6, 6.07) is 12.6. The Kier molecular flexibility index (Phi) is 5.39. The van der Waals surface area contributed by atoms with Crippen molar-refractivity contribution in [1.29, 1.82) is 0 Å². The van der Waals surface area contributed by atoms with E-state index in [4.69, 9.17) is 0 Å². The van der Waals surface area contributed by atoms with Gasteiger partial charge in [0.1, 0.15) is 6.54 Å². The number of amides is 1. The van der Waals surface area contributed by atoms with Gasteiger partial charge in [0.2, 0.25) is 11.7 Å². The third kappa shape index (κ3) is 4.42. The molecule has 0 radical (unpaired) electrons. The number of rotatable bonds is 5. The molecule has 1 aliphatic rings. The number of anilines is 2. The van der Waals surface area contributed by atoms with Gasteiger partial charge in [-0.25, -0.2) is 0 Å². The molecule has 1 N–H and O–H groups in total. The summed E-state index contributed by atoms with van der Waals surface area (Å²) >= 11 is 0. The van der Waals surface area contributed by atoms with Crippen LogP contribution < -0.4 is 10.2 Å². The highest BCUT2D eigenvalue weighted by molar-refractivity contribution is 5.94. The third-order valence-corrected chi connectivity index (χ3v) is 4.81. The maximum Gasteiger partial charge on any atom is 0.416 e. The van der Waals surface area contributed by atoms with E-state index < -0.39 is 17.6 Å². The van der Waals surface area contributed by atoms with Gasteiger partial charge in [-0.15, -0.1) is 10.2 Å². The van der Waals surface area contributed by atoms with Crippen LogP contribution in [0.5, 0.6) is 0 Å². The molecule has 1 amide bonds. The first kappa shape index (κ1) is 19.9. The van der Waals surface area contributed by atoms with Crippen molar-refractivity contribution in [1.82, 2.24) is 20.2 Å². The van der Waals surface area contributed by atoms with Crippen LogP contribution in [0.2, 0.25) is 0 Å². The van der Waals surface area contributed by atoms with E-state index in [0.29, 0.717) is 11.5 Å². The van der Waals surface area contributed by atoms with Gasteiger partial charge >= 0.3 is 6.18 Å². The Balaban J connectivity index is 1.52. The van der Waals surface area contributed by atoms with Crippen molar-refractivity contribution < 1.29 is 18.0 Å². The van der Waals surface area contributed by atoms with Crippen molar-refractivity contribution in [3.8, 4) is 11.4 Å². The molecule has 1 fully saturated rings. The van der Waals surface area contributed by atoms with E-state index in [1.54, 1.807) is 0 Å². The second-order valence-corrected chi connectivity index (χ2v) is 6.98. The van der Waals surface area contributed by atoms with Crippen molar-refractivity contribution in [3.63, 3.8) is 0 Å². The average Bonchev–Trinajstić information content (AvgIpc) is 3.40. The molecule has 2 aromatic carbocycles. The predicted octanol–water partition coefficient (Wildman–Crippen LogP) is 3.60. The van der Waals surface area contributed by atoms with Gasteiger partial charge in [0.25, 0.3) is 0 Å². The van der Waals surface area contributed by atoms with Gasteiger partial charge in [-0.3, -0.25) is 4.79 Å². The SMILES string of the molecule is O=C(Cn1nnc(-c2ccccc2)n1)Nc1cc(C(F)(F)F)ccc1N1CCCC1. The monoisotopic (exact) mass is 416 g/mol. The topological polar surface area (TPSA) is 75.9 Å². The number of alkyl halides is 3. The first-order valence-corrected chi connectivity index (χ1v) is 9.49. The van der Waals surface area contributed by atoms with Crippen LogP contribution in [0.25, 0.3) is 11.4 Å². The minimum Gasteiger partial charge on any atom is -0.370 e.